The first-order chi connectivity index (χ1) is 23.9. The molecule has 0 bridgehead atoms. The summed E-state index contributed by atoms with van der Waals surface area (Å²) in [6.07, 6.45) is 10.7. The Balaban J connectivity index is 0.968. The molecule has 1 saturated heterocycles. The molecule has 2 aliphatic carbocycles. The lowest BCUT2D eigenvalue weighted by atomic mass is 9.94. The number of piperidine rings is 1. The fourth-order valence-electron chi connectivity index (χ4n) is 6.87. The standard InChI is InChI=1S/C38H47N7O4/c46-23-32-35(48)36(49)33(47)22-45(32)15-4-2-1-3-11-39-30-18-26(24-6-7-24)17-29(20-30)38-42-14-10-34(44-38)43-31-19-27(25-8-9-25)16-28(21-31)37-40-12-5-13-41-37/h5,10,12-14,16-21,24-25,32-33,35-36,39,46-49H,1-4,6-9,11,15,22-23H2,(H,42,43,44)/t32-,33+,35-,36-/m1/s1. The number of aliphatic hydroxyl groups excluding tert-OH is 4. The van der Waals surface area contributed by atoms with Crippen LogP contribution in [-0.2, 0) is 0 Å². The summed E-state index contributed by atoms with van der Waals surface area (Å²) in [5, 5.41) is 47.1. The highest BCUT2D eigenvalue weighted by molar-refractivity contribution is 5.70. The van der Waals surface area contributed by atoms with Gasteiger partial charge in [-0.3, -0.25) is 4.90 Å². The third kappa shape index (κ3) is 8.42. The van der Waals surface area contributed by atoms with E-state index in [0.29, 0.717) is 30.0 Å². The molecule has 6 N–H and O–H groups in total. The van der Waals surface area contributed by atoms with E-state index >= 15 is 0 Å². The lowest BCUT2D eigenvalue weighted by Gasteiger charge is -2.43. The summed E-state index contributed by atoms with van der Waals surface area (Å²) in [6.45, 7) is 1.51. The summed E-state index contributed by atoms with van der Waals surface area (Å²) >= 11 is 0. The number of nitrogens with one attached hydrogen (secondary N) is 2. The third-order valence-corrected chi connectivity index (χ3v) is 9.94. The second-order valence-electron chi connectivity index (χ2n) is 13.8. The smallest absolute Gasteiger partial charge is 0.161 e. The fraction of sp³-hybridized carbons (Fsp3) is 0.474. The van der Waals surface area contributed by atoms with Gasteiger partial charge in [0.2, 0.25) is 0 Å². The minimum Gasteiger partial charge on any atom is -0.395 e. The van der Waals surface area contributed by atoms with Crippen LogP contribution in [-0.4, -0.2) is 95.9 Å². The number of anilines is 3. The maximum absolute atomic E-state index is 10.2. The Morgan fingerprint density at radius 1 is 0.714 bits per heavy atom. The molecular formula is C38H47N7O4. The normalized spacial score (nSPS) is 22.6. The van der Waals surface area contributed by atoms with Crippen LogP contribution in [0.4, 0.5) is 17.2 Å². The molecule has 258 valence electrons. The molecule has 11 heteroatoms. The molecule has 49 heavy (non-hydrogen) atoms. The Morgan fingerprint density at radius 3 is 2.08 bits per heavy atom. The molecular weight excluding hydrogens is 618 g/mol. The molecule has 0 radical (unpaired) electrons. The van der Waals surface area contributed by atoms with Crippen LogP contribution >= 0.6 is 0 Å². The van der Waals surface area contributed by atoms with Crippen molar-refractivity contribution in [1.82, 2.24) is 24.8 Å². The summed E-state index contributed by atoms with van der Waals surface area (Å²) in [5.41, 5.74) is 6.64. The van der Waals surface area contributed by atoms with Crippen molar-refractivity contribution in [2.24, 2.45) is 0 Å². The van der Waals surface area contributed by atoms with E-state index in [-0.39, 0.29) is 13.2 Å². The summed E-state index contributed by atoms with van der Waals surface area (Å²) in [6, 6.07) is 16.3. The monoisotopic (exact) mass is 665 g/mol. The molecule has 1 aliphatic heterocycles. The number of aliphatic hydroxyl groups is 4. The summed E-state index contributed by atoms with van der Waals surface area (Å²) < 4.78 is 0. The van der Waals surface area contributed by atoms with Crippen LogP contribution in [0.2, 0.25) is 0 Å². The Labute approximate surface area is 287 Å². The van der Waals surface area contributed by atoms with Crippen molar-refractivity contribution < 1.29 is 20.4 Å². The van der Waals surface area contributed by atoms with E-state index in [1.54, 1.807) is 12.4 Å². The first-order valence-corrected chi connectivity index (χ1v) is 17.8. The molecule has 2 aromatic heterocycles. The molecule has 7 rings (SSSR count). The molecule has 3 fully saturated rings. The van der Waals surface area contributed by atoms with Gasteiger partial charge in [0.1, 0.15) is 18.0 Å². The number of β-amino-alcohol motifs (C(OH)–C–C–N with tert-alkyl or cyclic N) is 1. The Kier molecular flexibility index (Phi) is 10.4. The van der Waals surface area contributed by atoms with Crippen molar-refractivity contribution in [2.75, 3.05) is 36.9 Å². The van der Waals surface area contributed by atoms with Crippen LogP contribution in [0.1, 0.15) is 74.3 Å². The van der Waals surface area contributed by atoms with E-state index in [0.717, 1.165) is 60.5 Å². The minimum absolute atomic E-state index is 0.248. The lowest BCUT2D eigenvalue weighted by molar-refractivity contribution is -0.145. The number of aromatic nitrogens is 4. The van der Waals surface area contributed by atoms with Gasteiger partial charge in [0.25, 0.3) is 0 Å². The first-order valence-electron chi connectivity index (χ1n) is 17.8. The van der Waals surface area contributed by atoms with Gasteiger partial charge in [-0.05, 0) is 117 Å². The second-order valence-corrected chi connectivity index (χ2v) is 13.8. The maximum atomic E-state index is 10.2. The summed E-state index contributed by atoms with van der Waals surface area (Å²) in [7, 11) is 0. The molecule has 4 aromatic rings. The highest BCUT2D eigenvalue weighted by Gasteiger charge is 2.40. The number of unbranched alkanes of at least 4 members (excludes halogenated alkanes) is 3. The summed E-state index contributed by atoms with van der Waals surface area (Å²) in [5.74, 6) is 3.30. The number of hydrogen-bond donors (Lipinski definition) is 6. The van der Waals surface area contributed by atoms with Gasteiger partial charge in [0.05, 0.1) is 18.8 Å². The molecule has 0 unspecified atom stereocenters. The van der Waals surface area contributed by atoms with Gasteiger partial charge in [-0.2, -0.15) is 0 Å². The molecule has 4 atom stereocenters. The van der Waals surface area contributed by atoms with Crippen LogP contribution in [0, 0.1) is 0 Å². The topological polar surface area (TPSA) is 160 Å². The van der Waals surface area contributed by atoms with Gasteiger partial charge in [-0.15, -0.1) is 0 Å². The van der Waals surface area contributed by atoms with Crippen LogP contribution in [0.5, 0.6) is 0 Å². The van der Waals surface area contributed by atoms with Crippen molar-refractivity contribution in [3.05, 3.63) is 78.2 Å². The highest BCUT2D eigenvalue weighted by Crippen LogP contribution is 2.43. The first kappa shape index (κ1) is 33.5. The average molecular weight is 666 g/mol. The van der Waals surface area contributed by atoms with E-state index < -0.39 is 24.4 Å². The van der Waals surface area contributed by atoms with Crippen LogP contribution in [0.25, 0.3) is 22.8 Å². The second kappa shape index (κ2) is 15.3. The number of benzene rings is 2. The molecule has 3 heterocycles. The zero-order valence-electron chi connectivity index (χ0n) is 27.8. The average Bonchev–Trinajstić information content (AvgIpc) is 4.05. The van der Waals surface area contributed by atoms with E-state index in [1.165, 1.54) is 36.8 Å². The van der Waals surface area contributed by atoms with Gasteiger partial charge in [-0.1, -0.05) is 12.8 Å². The Morgan fingerprint density at radius 2 is 1.37 bits per heavy atom. The van der Waals surface area contributed by atoms with Crippen LogP contribution in [0.3, 0.4) is 0 Å². The van der Waals surface area contributed by atoms with E-state index in [4.69, 9.17) is 4.98 Å². The van der Waals surface area contributed by atoms with Gasteiger partial charge < -0.3 is 31.1 Å². The van der Waals surface area contributed by atoms with Crippen molar-refractivity contribution in [2.45, 2.75) is 87.6 Å². The van der Waals surface area contributed by atoms with Crippen molar-refractivity contribution >= 4 is 17.2 Å². The van der Waals surface area contributed by atoms with E-state index in [2.05, 4.69) is 62.0 Å². The predicted octanol–water partition coefficient (Wildman–Crippen LogP) is 4.83. The molecule has 11 nitrogen and oxygen atoms in total. The van der Waals surface area contributed by atoms with Crippen molar-refractivity contribution in [3.63, 3.8) is 0 Å². The Bertz CT molecular complexity index is 1700. The van der Waals surface area contributed by atoms with E-state index in [1.807, 2.05) is 23.2 Å². The SMILES string of the molecule is OC[C@@H]1[C@@H](O)[C@H](O)[C@@H](O)CN1CCCCCCNc1cc(-c2nccc(Nc3cc(-c4ncccn4)cc(C4CC4)c3)n2)cc(C2CC2)c1. The van der Waals surface area contributed by atoms with Crippen LogP contribution in [0.15, 0.2) is 67.1 Å². The largest absolute Gasteiger partial charge is 0.395 e. The van der Waals surface area contributed by atoms with Crippen molar-refractivity contribution in [1.29, 1.82) is 0 Å². The van der Waals surface area contributed by atoms with Gasteiger partial charge in [-0.25, -0.2) is 19.9 Å². The number of hydrogen-bond acceptors (Lipinski definition) is 11. The zero-order chi connectivity index (χ0) is 33.7. The fourth-order valence-corrected chi connectivity index (χ4v) is 6.87. The quantitative estimate of drug-likeness (QED) is 0.0966. The van der Waals surface area contributed by atoms with Crippen molar-refractivity contribution in [3.8, 4) is 22.8 Å². The molecule has 0 spiro atoms. The number of rotatable bonds is 15. The van der Waals surface area contributed by atoms with Crippen LogP contribution < -0.4 is 10.6 Å². The highest BCUT2D eigenvalue weighted by atomic mass is 16.4. The van der Waals surface area contributed by atoms with Gasteiger partial charge >= 0.3 is 0 Å². The van der Waals surface area contributed by atoms with Gasteiger partial charge in [0, 0.05) is 54.2 Å². The molecule has 2 saturated carbocycles. The van der Waals surface area contributed by atoms with Gasteiger partial charge in [0.15, 0.2) is 11.6 Å². The zero-order valence-corrected chi connectivity index (χ0v) is 27.8. The number of nitrogens with zero attached hydrogens (tertiary/aromatic N) is 5. The third-order valence-electron chi connectivity index (χ3n) is 9.94. The summed E-state index contributed by atoms with van der Waals surface area (Å²) in [4.78, 5) is 20.4. The molecule has 2 aromatic carbocycles. The predicted molar refractivity (Wildman–Crippen MR) is 190 cm³/mol. The lowest BCUT2D eigenvalue weighted by Crippen LogP contribution is -2.62. The molecule has 3 aliphatic rings. The number of likely N-dealkylation sites (tertiary alicyclic amines) is 1. The minimum atomic E-state index is -1.22. The van der Waals surface area contributed by atoms with E-state index in [9.17, 15) is 20.4 Å². The maximum Gasteiger partial charge on any atom is 0.161 e. The molecule has 0 amide bonds. The Hall–Kier alpha value is -4.00.